The highest BCUT2D eigenvalue weighted by Crippen LogP contribution is 2.29. The highest BCUT2D eigenvalue weighted by Gasteiger charge is 2.32. The molecule has 7 nitrogen and oxygen atoms in total. The van der Waals surface area contributed by atoms with E-state index in [1.807, 2.05) is 6.92 Å². The fraction of sp³-hybridized carbons (Fsp3) is 0.600. The minimum Gasteiger partial charge on any atom is -0.491 e. The molecule has 2 amide bonds. The van der Waals surface area contributed by atoms with Crippen molar-refractivity contribution in [3.05, 3.63) is 23.8 Å². The molecule has 0 aromatic heterocycles. The van der Waals surface area contributed by atoms with E-state index in [9.17, 15) is 9.59 Å². The van der Waals surface area contributed by atoms with Crippen LogP contribution in [-0.2, 0) is 16.0 Å². The third-order valence-electron chi connectivity index (χ3n) is 3.13. The molecular weight excluding hydrogens is 348 g/mol. The predicted molar refractivity (Wildman–Crippen MR) is 105 cm³/mol. The zero-order valence-corrected chi connectivity index (χ0v) is 17.4. The summed E-state index contributed by atoms with van der Waals surface area (Å²) in [5.41, 5.74) is 5.54. The van der Waals surface area contributed by atoms with Crippen molar-refractivity contribution in [1.29, 1.82) is 0 Å². The monoisotopic (exact) mass is 380 g/mol. The van der Waals surface area contributed by atoms with E-state index in [2.05, 4.69) is 0 Å². The SMILES string of the molecule is CCCOc1c(N)cccc1CN(C(=O)OC(C)(C)C)C(=O)OC(C)(C)C. The maximum atomic E-state index is 12.6. The summed E-state index contributed by atoms with van der Waals surface area (Å²) < 4.78 is 16.5. The number of nitrogen functional groups attached to an aromatic ring is 1. The molecule has 0 fully saturated rings. The number of carbonyl (C=O) groups is 2. The number of hydrogen-bond acceptors (Lipinski definition) is 6. The van der Waals surface area contributed by atoms with Gasteiger partial charge >= 0.3 is 12.2 Å². The molecule has 0 bridgehead atoms. The van der Waals surface area contributed by atoms with E-state index >= 15 is 0 Å². The van der Waals surface area contributed by atoms with Gasteiger partial charge in [0.2, 0.25) is 0 Å². The lowest BCUT2D eigenvalue weighted by atomic mass is 10.1. The first-order valence-corrected chi connectivity index (χ1v) is 9.07. The molecule has 0 aliphatic rings. The molecule has 0 radical (unpaired) electrons. The lowest BCUT2D eigenvalue weighted by Crippen LogP contribution is -2.43. The fourth-order valence-corrected chi connectivity index (χ4v) is 2.12. The average Bonchev–Trinajstić information content (AvgIpc) is 2.48. The highest BCUT2D eigenvalue weighted by molar-refractivity contribution is 5.88. The summed E-state index contributed by atoms with van der Waals surface area (Å²) >= 11 is 0. The maximum Gasteiger partial charge on any atom is 0.420 e. The van der Waals surface area contributed by atoms with Crippen molar-refractivity contribution in [3.63, 3.8) is 0 Å². The van der Waals surface area contributed by atoms with E-state index in [1.165, 1.54) is 0 Å². The van der Waals surface area contributed by atoms with Gasteiger partial charge in [0, 0.05) is 5.56 Å². The molecule has 1 aromatic carbocycles. The smallest absolute Gasteiger partial charge is 0.420 e. The lowest BCUT2D eigenvalue weighted by Gasteiger charge is -2.29. The van der Waals surface area contributed by atoms with Gasteiger partial charge in [0.05, 0.1) is 18.8 Å². The number of nitrogens with two attached hydrogens (primary N) is 1. The number of benzene rings is 1. The molecule has 0 heterocycles. The van der Waals surface area contributed by atoms with Crippen LogP contribution in [-0.4, -0.2) is 34.9 Å². The van der Waals surface area contributed by atoms with Crippen LogP contribution in [0, 0.1) is 0 Å². The second-order valence-electron chi connectivity index (χ2n) is 8.23. The first-order valence-electron chi connectivity index (χ1n) is 9.07. The number of imide groups is 1. The Hall–Kier alpha value is -2.44. The highest BCUT2D eigenvalue weighted by atomic mass is 16.6. The van der Waals surface area contributed by atoms with Gasteiger partial charge in [-0.05, 0) is 54.0 Å². The van der Waals surface area contributed by atoms with Gasteiger partial charge in [0.1, 0.15) is 17.0 Å². The number of nitrogens with zero attached hydrogens (tertiary/aromatic N) is 1. The van der Waals surface area contributed by atoms with Crippen molar-refractivity contribution in [1.82, 2.24) is 4.90 Å². The molecule has 0 aliphatic carbocycles. The second-order valence-corrected chi connectivity index (χ2v) is 8.23. The summed E-state index contributed by atoms with van der Waals surface area (Å²) in [6.45, 7) is 12.8. The molecule has 152 valence electrons. The zero-order chi connectivity index (χ0) is 20.8. The van der Waals surface area contributed by atoms with E-state index in [0.29, 0.717) is 23.6 Å². The molecule has 0 atom stereocenters. The normalized spacial score (nSPS) is 11.7. The van der Waals surface area contributed by atoms with Crippen LogP contribution >= 0.6 is 0 Å². The predicted octanol–water partition coefficient (Wildman–Crippen LogP) is 4.73. The van der Waals surface area contributed by atoms with Crippen molar-refractivity contribution >= 4 is 17.9 Å². The zero-order valence-electron chi connectivity index (χ0n) is 17.4. The Bertz CT molecular complexity index is 631. The number of carbonyl (C=O) groups excluding carboxylic acids is 2. The first kappa shape index (κ1) is 22.6. The van der Waals surface area contributed by atoms with Crippen molar-refractivity contribution in [3.8, 4) is 5.75 Å². The molecule has 0 saturated heterocycles. The third-order valence-corrected chi connectivity index (χ3v) is 3.13. The Balaban J connectivity index is 3.19. The van der Waals surface area contributed by atoms with E-state index in [1.54, 1.807) is 59.7 Å². The van der Waals surface area contributed by atoms with Crippen LogP contribution in [0.3, 0.4) is 0 Å². The van der Waals surface area contributed by atoms with Crippen LogP contribution in [0.25, 0.3) is 0 Å². The van der Waals surface area contributed by atoms with Crippen LogP contribution in [0.5, 0.6) is 5.75 Å². The van der Waals surface area contributed by atoms with Gasteiger partial charge in [-0.25, -0.2) is 14.5 Å². The Morgan fingerprint density at radius 3 is 1.96 bits per heavy atom. The number of ether oxygens (including phenoxy) is 3. The number of amides is 2. The largest absolute Gasteiger partial charge is 0.491 e. The van der Waals surface area contributed by atoms with Crippen molar-refractivity contribution < 1.29 is 23.8 Å². The van der Waals surface area contributed by atoms with Crippen LogP contribution in [0.1, 0.15) is 60.5 Å². The van der Waals surface area contributed by atoms with Gasteiger partial charge in [0.15, 0.2) is 0 Å². The van der Waals surface area contributed by atoms with Gasteiger partial charge in [-0.2, -0.15) is 0 Å². The van der Waals surface area contributed by atoms with E-state index in [4.69, 9.17) is 19.9 Å². The van der Waals surface area contributed by atoms with E-state index < -0.39 is 23.4 Å². The number of hydrogen-bond donors (Lipinski definition) is 1. The van der Waals surface area contributed by atoms with E-state index in [-0.39, 0.29) is 6.54 Å². The van der Waals surface area contributed by atoms with Gasteiger partial charge in [0.25, 0.3) is 0 Å². The summed E-state index contributed by atoms with van der Waals surface area (Å²) in [5.74, 6) is 0.455. The van der Waals surface area contributed by atoms with Crippen molar-refractivity contribution in [2.45, 2.75) is 72.6 Å². The van der Waals surface area contributed by atoms with Crippen LogP contribution in [0.2, 0.25) is 0 Å². The Morgan fingerprint density at radius 1 is 1.00 bits per heavy atom. The van der Waals surface area contributed by atoms with Gasteiger partial charge in [-0.3, -0.25) is 0 Å². The Morgan fingerprint density at radius 2 is 1.52 bits per heavy atom. The molecule has 27 heavy (non-hydrogen) atoms. The van der Waals surface area contributed by atoms with Crippen molar-refractivity contribution in [2.24, 2.45) is 0 Å². The van der Waals surface area contributed by atoms with E-state index in [0.717, 1.165) is 11.3 Å². The average molecular weight is 380 g/mol. The fourth-order valence-electron chi connectivity index (χ4n) is 2.12. The maximum absolute atomic E-state index is 12.6. The molecule has 1 rings (SSSR count). The Kier molecular flexibility index (Phi) is 7.51. The number of para-hydroxylation sites is 1. The minimum atomic E-state index is -0.791. The van der Waals surface area contributed by atoms with Gasteiger partial charge < -0.3 is 19.9 Å². The molecular formula is C20H32N2O5. The lowest BCUT2D eigenvalue weighted by molar-refractivity contribution is -0.000349. The van der Waals surface area contributed by atoms with Crippen LogP contribution in [0.15, 0.2) is 18.2 Å². The summed E-state index contributed by atoms with van der Waals surface area (Å²) in [5, 5.41) is 0. The van der Waals surface area contributed by atoms with Crippen molar-refractivity contribution in [2.75, 3.05) is 12.3 Å². The third kappa shape index (κ3) is 7.76. The van der Waals surface area contributed by atoms with Gasteiger partial charge in [-0.15, -0.1) is 0 Å². The van der Waals surface area contributed by atoms with Gasteiger partial charge in [-0.1, -0.05) is 19.1 Å². The number of rotatable bonds is 5. The molecule has 1 aromatic rings. The molecule has 0 saturated carbocycles. The van der Waals surface area contributed by atoms with Crippen LogP contribution in [0.4, 0.5) is 15.3 Å². The summed E-state index contributed by atoms with van der Waals surface area (Å²) in [4.78, 5) is 26.2. The minimum absolute atomic E-state index is 0.0755. The topological polar surface area (TPSA) is 91.1 Å². The molecule has 0 spiro atoms. The molecule has 0 unspecified atom stereocenters. The molecule has 2 N–H and O–H groups in total. The quantitative estimate of drug-likeness (QED) is 0.743. The molecule has 0 aliphatic heterocycles. The van der Waals surface area contributed by atoms with Crippen LogP contribution < -0.4 is 10.5 Å². The number of anilines is 1. The summed E-state index contributed by atoms with van der Waals surface area (Å²) in [7, 11) is 0. The second kappa shape index (κ2) is 8.97. The first-order chi connectivity index (χ1) is 12.3. The Labute approximate surface area is 161 Å². The standard InChI is InChI=1S/C20H32N2O5/c1-8-12-25-16-14(10-9-11-15(16)21)13-22(17(23)26-19(2,3)4)18(24)27-20(5,6)7/h9-11H,8,12-13,21H2,1-7H3. The summed E-state index contributed by atoms with van der Waals surface area (Å²) in [6.07, 6.45) is -0.781. The molecule has 7 heteroatoms. The summed E-state index contributed by atoms with van der Waals surface area (Å²) in [6, 6.07) is 5.20.